The number of rotatable bonds is 3. The molecule has 2 N–H and O–H groups in total. The monoisotopic (exact) mass is 276 g/mol. The zero-order valence-electron chi connectivity index (χ0n) is 11.7. The van der Waals surface area contributed by atoms with E-state index in [0.29, 0.717) is 5.76 Å². The molecule has 0 unspecified atom stereocenters. The van der Waals surface area contributed by atoms with Crippen molar-refractivity contribution < 1.29 is 13.6 Å². The SMILES string of the molecule is Cc1ccc(F)c(NC(=O)N[C@@H](C)c2ccc(C)o2)c1. The fourth-order valence-electron chi connectivity index (χ4n) is 1.85. The first kappa shape index (κ1) is 14.1. The summed E-state index contributed by atoms with van der Waals surface area (Å²) in [6.07, 6.45) is 0. The molecule has 20 heavy (non-hydrogen) atoms. The summed E-state index contributed by atoms with van der Waals surface area (Å²) in [6, 6.07) is 7.40. The molecule has 5 heteroatoms. The van der Waals surface area contributed by atoms with E-state index in [-0.39, 0.29) is 11.7 Å². The minimum Gasteiger partial charge on any atom is -0.464 e. The minimum absolute atomic E-state index is 0.158. The molecule has 0 aliphatic heterocycles. The van der Waals surface area contributed by atoms with E-state index >= 15 is 0 Å². The maximum atomic E-state index is 13.5. The second kappa shape index (κ2) is 5.77. The van der Waals surface area contributed by atoms with Crippen molar-refractivity contribution in [3.63, 3.8) is 0 Å². The Kier molecular flexibility index (Phi) is 4.08. The number of carbonyl (C=O) groups is 1. The van der Waals surface area contributed by atoms with Gasteiger partial charge in [0.15, 0.2) is 0 Å². The summed E-state index contributed by atoms with van der Waals surface area (Å²) in [5.41, 5.74) is 1.03. The van der Waals surface area contributed by atoms with Crippen molar-refractivity contribution in [3.8, 4) is 0 Å². The first-order valence-corrected chi connectivity index (χ1v) is 6.35. The Morgan fingerprint density at radius 2 is 2.00 bits per heavy atom. The second-order valence-electron chi connectivity index (χ2n) is 4.75. The topological polar surface area (TPSA) is 54.3 Å². The van der Waals surface area contributed by atoms with E-state index in [1.165, 1.54) is 6.07 Å². The molecule has 4 nitrogen and oxygen atoms in total. The number of benzene rings is 1. The van der Waals surface area contributed by atoms with Crippen LogP contribution in [0.15, 0.2) is 34.7 Å². The Morgan fingerprint density at radius 1 is 1.25 bits per heavy atom. The number of hydrogen-bond acceptors (Lipinski definition) is 2. The van der Waals surface area contributed by atoms with Gasteiger partial charge in [-0.25, -0.2) is 9.18 Å². The van der Waals surface area contributed by atoms with Crippen molar-refractivity contribution >= 4 is 11.7 Å². The first-order valence-electron chi connectivity index (χ1n) is 6.35. The molecular weight excluding hydrogens is 259 g/mol. The summed E-state index contributed by atoms with van der Waals surface area (Å²) in [6.45, 7) is 5.46. The molecule has 1 aromatic carbocycles. The Labute approximate surface area is 117 Å². The van der Waals surface area contributed by atoms with Crippen molar-refractivity contribution in [2.75, 3.05) is 5.32 Å². The molecule has 0 aliphatic rings. The maximum absolute atomic E-state index is 13.5. The van der Waals surface area contributed by atoms with Crippen LogP contribution in [0.4, 0.5) is 14.9 Å². The van der Waals surface area contributed by atoms with Gasteiger partial charge in [0.25, 0.3) is 0 Å². The van der Waals surface area contributed by atoms with Gasteiger partial charge in [-0.05, 0) is 50.6 Å². The molecule has 0 radical (unpaired) electrons. The highest BCUT2D eigenvalue weighted by Gasteiger charge is 2.13. The number of anilines is 1. The molecule has 0 fully saturated rings. The molecular formula is C15H17FN2O2. The van der Waals surface area contributed by atoms with E-state index in [9.17, 15) is 9.18 Å². The summed E-state index contributed by atoms with van der Waals surface area (Å²) < 4.78 is 19.0. The van der Waals surface area contributed by atoms with Gasteiger partial charge in [-0.1, -0.05) is 6.07 Å². The van der Waals surface area contributed by atoms with Crippen LogP contribution in [-0.2, 0) is 0 Å². The maximum Gasteiger partial charge on any atom is 0.319 e. The Balaban J connectivity index is 2.00. The predicted molar refractivity (Wildman–Crippen MR) is 75.2 cm³/mol. The van der Waals surface area contributed by atoms with E-state index < -0.39 is 11.8 Å². The largest absolute Gasteiger partial charge is 0.464 e. The minimum atomic E-state index is -0.476. The lowest BCUT2D eigenvalue weighted by Gasteiger charge is -2.13. The normalized spacial score (nSPS) is 12.0. The molecule has 0 aliphatic carbocycles. The molecule has 0 bridgehead atoms. The van der Waals surface area contributed by atoms with Crippen LogP contribution in [0.3, 0.4) is 0 Å². The number of nitrogens with one attached hydrogen (secondary N) is 2. The van der Waals surface area contributed by atoms with E-state index in [2.05, 4.69) is 10.6 Å². The highest BCUT2D eigenvalue weighted by molar-refractivity contribution is 5.89. The Morgan fingerprint density at radius 3 is 2.65 bits per heavy atom. The molecule has 0 spiro atoms. The lowest BCUT2D eigenvalue weighted by Crippen LogP contribution is -2.31. The van der Waals surface area contributed by atoms with Gasteiger partial charge in [-0.15, -0.1) is 0 Å². The van der Waals surface area contributed by atoms with E-state index in [4.69, 9.17) is 4.42 Å². The van der Waals surface area contributed by atoms with E-state index in [1.54, 1.807) is 25.1 Å². The van der Waals surface area contributed by atoms with Crippen molar-refractivity contribution in [2.45, 2.75) is 26.8 Å². The fraction of sp³-hybridized carbons (Fsp3) is 0.267. The van der Waals surface area contributed by atoms with Crippen molar-refractivity contribution in [2.24, 2.45) is 0 Å². The van der Waals surface area contributed by atoms with Crippen LogP contribution in [0.1, 0.15) is 30.0 Å². The average molecular weight is 276 g/mol. The summed E-state index contributed by atoms with van der Waals surface area (Å²) in [5.74, 6) is 0.966. The molecule has 0 saturated heterocycles. The second-order valence-corrected chi connectivity index (χ2v) is 4.75. The number of hydrogen-bond donors (Lipinski definition) is 2. The van der Waals surface area contributed by atoms with Gasteiger partial charge < -0.3 is 15.1 Å². The molecule has 1 atom stereocenters. The van der Waals surface area contributed by atoms with Crippen LogP contribution in [0.2, 0.25) is 0 Å². The molecule has 1 heterocycles. The first-order chi connectivity index (χ1) is 9.45. The van der Waals surface area contributed by atoms with Crippen molar-refractivity contribution in [1.82, 2.24) is 5.32 Å². The van der Waals surface area contributed by atoms with Gasteiger partial charge >= 0.3 is 6.03 Å². The molecule has 2 amide bonds. The average Bonchev–Trinajstić information content (AvgIpc) is 2.80. The van der Waals surface area contributed by atoms with Crippen LogP contribution in [0.25, 0.3) is 0 Å². The fourth-order valence-corrected chi connectivity index (χ4v) is 1.85. The molecule has 0 saturated carbocycles. The summed E-state index contributed by atoms with van der Waals surface area (Å²) in [5, 5.41) is 5.19. The quantitative estimate of drug-likeness (QED) is 0.892. The van der Waals surface area contributed by atoms with Gasteiger partial charge in [0, 0.05) is 0 Å². The molecule has 2 aromatic rings. The van der Waals surface area contributed by atoms with E-state index in [0.717, 1.165) is 11.3 Å². The van der Waals surface area contributed by atoms with Gasteiger partial charge in [0.05, 0.1) is 11.7 Å². The van der Waals surface area contributed by atoms with Gasteiger partial charge in [0.1, 0.15) is 17.3 Å². The van der Waals surface area contributed by atoms with Crippen LogP contribution < -0.4 is 10.6 Å². The zero-order valence-corrected chi connectivity index (χ0v) is 11.7. The lowest BCUT2D eigenvalue weighted by atomic mass is 10.2. The standard InChI is InChI=1S/C15H17FN2O2/c1-9-4-6-12(16)13(8-9)18-15(19)17-11(3)14-7-5-10(2)20-14/h4-8,11H,1-3H3,(H2,17,18,19)/t11-/m0/s1. The smallest absolute Gasteiger partial charge is 0.319 e. The van der Waals surface area contributed by atoms with Crippen molar-refractivity contribution in [3.05, 3.63) is 53.2 Å². The number of halogens is 1. The number of urea groups is 1. The third-order valence-electron chi connectivity index (χ3n) is 2.91. The van der Waals surface area contributed by atoms with Crippen LogP contribution in [0, 0.1) is 19.7 Å². The highest BCUT2D eigenvalue weighted by Crippen LogP contribution is 2.18. The molecule has 2 rings (SSSR count). The highest BCUT2D eigenvalue weighted by atomic mass is 19.1. The molecule has 106 valence electrons. The Bertz CT molecular complexity index is 622. The summed E-state index contributed by atoms with van der Waals surface area (Å²) in [4.78, 5) is 11.8. The number of furan rings is 1. The summed E-state index contributed by atoms with van der Waals surface area (Å²) >= 11 is 0. The third-order valence-corrected chi connectivity index (χ3v) is 2.91. The molecule has 1 aromatic heterocycles. The van der Waals surface area contributed by atoms with Gasteiger partial charge in [-0.3, -0.25) is 0 Å². The number of amides is 2. The predicted octanol–water partition coefficient (Wildman–Crippen LogP) is 3.92. The number of aryl methyl sites for hydroxylation is 2. The third kappa shape index (κ3) is 3.38. The van der Waals surface area contributed by atoms with Gasteiger partial charge in [0.2, 0.25) is 0 Å². The van der Waals surface area contributed by atoms with Crippen molar-refractivity contribution in [1.29, 1.82) is 0 Å². The van der Waals surface area contributed by atoms with Crippen LogP contribution in [0.5, 0.6) is 0 Å². The van der Waals surface area contributed by atoms with Gasteiger partial charge in [-0.2, -0.15) is 0 Å². The van der Waals surface area contributed by atoms with E-state index in [1.807, 2.05) is 19.9 Å². The number of carbonyl (C=O) groups excluding carboxylic acids is 1. The Hall–Kier alpha value is -2.30. The lowest BCUT2D eigenvalue weighted by molar-refractivity contribution is 0.247. The summed E-state index contributed by atoms with van der Waals surface area (Å²) in [7, 11) is 0. The van der Waals surface area contributed by atoms with Crippen LogP contribution in [-0.4, -0.2) is 6.03 Å². The zero-order chi connectivity index (χ0) is 14.7. The van der Waals surface area contributed by atoms with Crippen LogP contribution >= 0.6 is 0 Å².